The maximum absolute atomic E-state index is 12.4. The molecule has 1 unspecified atom stereocenters. The Bertz CT molecular complexity index is 957. The third kappa shape index (κ3) is 2.56. The van der Waals surface area contributed by atoms with Crippen LogP contribution in [0.15, 0.2) is 58.1 Å². The maximum Gasteiger partial charge on any atom is 0.262 e. The fourth-order valence-electron chi connectivity index (χ4n) is 3.02. The molecule has 0 spiro atoms. The monoisotopic (exact) mass is 324 g/mol. The number of para-hydroxylation sites is 1. The zero-order chi connectivity index (χ0) is 16.5. The van der Waals surface area contributed by atoms with E-state index in [2.05, 4.69) is 5.32 Å². The molecule has 3 heterocycles. The second kappa shape index (κ2) is 5.88. The van der Waals surface area contributed by atoms with Gasteiger partial charge in [-0.1, -0.05) is 18.2 Å². The van der Waals surface area contributed by atoms with Crippen LogP contribution in [-0.2, 0) is 11.3 Å². The van der Waals surface area contributed by atoms with Crippen molar-refractivity contribution in [1.82, 2.24) is 9.88 Å². The van der Waals surface area contributed by atoms with Crippen LogP contribution in [0.25, 0.3) is 11.0 Å². The molecular formula is C18H16N2O4. The van der Waals surface area contributed by atoms with Gasteiger partial charge in [-0.05, 0) is 18.2 Å². The first-order chi connectivity index (χ1) is 11.7. The quantitative estimate of drug-likeness (QED) is 0.802. The number of aromatic nitrogens is 1. The summed E-state index contributed by atoms with van der Waals surface area (Å²) >= 11 is 0. The van der Waals surface area contributed by atoms with Gasteiger partial charge in [0.2, 0.25) is 5.91 Å². The fourth-order valence-corrected chi connectivity index (χ4v) is 3.02. The Morgan fingerprint density at radius 3 is 3.04 bits per heavy atom. The van der Waals surface area contributed by atoms with Crippen LogP contribution in [0.3, 0.4) is 0 Å². The number of benzene rings is 1. The van der Waals surface area contributed by atoms with Crippen LogP contribution < -0.4 is 15.6 Å². The van der Waals surface area contributed by atoms with E-state index in [9.17, 15) is 9.59 Å². The predicted molar refractivity (Wildman–Crippen MR) is 87.9 cm³/mol. The van der Waals surface area contributed by atoms with Crippen molar-refractivity contribution in [3.63, 3.8) is 0 Å². The molecule has 0 radical (unpaired) electrons. The lowest BCUT2D eigenvalue weighted by molar-refractivity contribution is -0.122. The van der Waals surface area contributed by atoms with Crippen LogP contribution in [-0.4, -0.2) is 17.1 Å². The van der Waals surface area contributed by atoms with E-state index in [1.807, 2.05) is 24.3 Å². The second-order valence-electron chi connectivity index (χ2n) is 5.74. The average Bonchev–Trinajstić information content (AvgIpc) is 3.07. The van der Waals surface area contributed by atoms with Crippen LogP contribution in [0, 0.1) is 0 Å². The van der Waals surface area contributed by atoms with Gasteiger partial charge in [-0.3, -0.25) is 9.59 Å². The molecular weight excluding hydrogens is 308 g/mol. The summed E-state index contributed by atoms with van der Waals surface area (Å²) in [6, 6.07) is 10.9. The number of carbonyl (C=O) groups excluding carboxylic acids is 1. The molecule has 3 aromatic rings. The molecule has 6 heteroatoms. The zero-order valence-electron chi connectivity index (χ0n) is 12.9. The molecule has 0 saturated heterocycles. The molecule has 6 nitrogen and oxygen atoms in total. The summed E-state index contributed by atoms with van der Waals surface area (Å²) in [5, 5.41) is 3.46. The van der Waals surface area contributed by atoms with Crippen molar-refractivity contribution in [2.45, 2.75) is 19.0 Å². The molecule has 4 rings (SSSR count). The molecule has 0 bridgehead atoms. The summed E-state index contributed by atoms with van der Waals surface area (Å²) < 4.78 is 12.2. The van der Waals surface area contributed by atoms with Crippen LogP contribution in [0.2, 0.25) is 0 Å². The van der Waals surface area contributed by atoms with Gasteiger partial charge in [0.15, 0.2) is 0 Å². The minimum absolute atomic E-state index is 0.0283. The number of furan rings is 1. The normalized spacial score (nSPS) is 16.4. The molecule has 122 valence electrons. The molecule has 1 aliphatic rings. The van der Waals surface area contributed by atoms with Crippen molar-refractivity contribution in [2.75, 3.05) is 6.61 Å². The molecule has 1 amide bonds. The molecule has 0 saturated carbocycles. The molecule has 2 aromatic heterocycles. The first-order valence-corrected chi connectivity index (χ1v) is 7.80. The van der Waals surface area contributed by atoms with Gasteiger partial charge in [0.05, 0.1) is 24.3 Å². The van der Waals surface area contributed by atoms with Crippen molar-refractivity contribution in [2.24, 2.45) is 0 Å². The number of nitrogens with one attached hydrogen (secondary N) is 1. The largest absolute Gasteiger partial charge is 0.493 e. The summed E-state index contributed by atoms with van der Waals surface area (Å²) in [6.07, 6.45) is 3.75. The molecule has 1 aliphatic heterocycles. The van der Waals surface area contributed by atoms with Crippen LogP contribution in [0.1, 0.15) is 18.0 Å². The van der Waals surface area contributed by atoms with Crippen molar-refractivity contribution in [1.29, 1.82) is 0 Å². The molecule has 24 heavy (non-hydrogen) atoms. The number of ether oxygens (including phenoxy) is 1. The Hall–Kier alpha value is -3.02. The third-order valence-corrected chi connectivity index (χ3v) is 4.20. The highest BCUT2D eigenvalue weighted by Gasteiger charge is 2.22. The molecule has 1 aromatic carbocycles. The number of rotatable bonds is 3. The minimum atomic E-state index is -0.233. The summed E-state index contributed by atoms with van der Waals surface area (Å²) in [6.45, 7) is 0.530. The number of hydrogen-bond donors (Lipinski definition) is 1. The summed E-state index contributed by atoms with van der Waals surface area (Å²) in [4.78, 5) is 24.7. The summed E-state index contributed by atoms with van der Waals surface area (Å²) in [5.41, 5.74) is 1.26. The SMILES string of the molecule is O=C(Cn1ccc2occc2c1=O)NC1CCOc2ccccc21. The fraction of sp³-hybridized carbons (Fsp3) is 0.222. The van der Waals surface area contributed by atoms with Gasteiger partial charge in [-0.2, -0.15) is 0 Å². The lowest BCUT2D eigenvalue weighted by Crippen LogP contribution is -2.36. The highest BCUT2D eigenvalue weighted by atomic mass is 16.5. The van der Waals surface area contributed by atoms with E-state index in [1.165, 1.54) is 10.8 Å². The Morgan fingerprint density at radius 2 is 2.12 bits per heavy atom. The number of nitrogens with zero attached hydrogens (tertiary/aromatic N) is 1. The first kappa shape index (κ1) is 14.6. The van der Waals surface area contributed by atoms with E-state index in [4.69, 9.17) is 9.15 Å². The summed E-state index contributed by atoms with van der Waals surface area (Å²) in [7, 11) is 0. The lowest BCUT2D eigenvalue weighted by atomic mass is 10.0. The Balaban J connectivity index is 1.53. The van der Waals surface area contributed by atoms with Crippen molar-refractivity contribution in [3.8, 4) is 5.75 Å². The van der Waals surface area contributed by atoms with Crippen LogP contribution in [0.5, 0.6) is 5.75 Å². The van der Waals surface area contributed by atoms with E-state index in [0.717, 1.165) is 11.3 Å². The summed E-state index contributed by atoms with van der Waals surface area (Å²) in [5.74, 6) is 0.590. The second-order valence-corrected chi connectivity index (χ2v) is 5.74. The smallest absolute Gasteiger partial charge is 0.262 e. The number of hydrogen-bond acceptors (Lipinski definition) is 4. The third-order valence-electron chi connectivity index (χ3n) is 4.20. The average molecular weight is 324 g/mol. The molecule has 1 N–H and O–H groups in total. The van der Waals surface area contributed by atoms with Gasteiger partial charge in [-0.15, -0.1) is 0 Å². The maximum atomic E-state index is 12.4. The Morgan fingerprint density at radius 1 is 1.25 bits per heavy atom. The molecule has 0 fully saturated rings. The highest BCUT2D eigenvalue weighted by molar-refractivity contribution is 5.78. The van der Waals surface area contributed by atoms with Crippen LogP contribution >= 0.6 is 0 Å². The van der Waals surface area contributed by atoms with Crippen molar-refractivity contribution in [3.05, 3.63) is 64.8 Å². The van der Waals surface area contributed by atoms with Crippen molar-refractivity contribution < 1.29 is 13.9 Å². The van der Waals surface area contributed by atoms with E-state index in [0.29, 0.717) is 24.0 Å². The first-order valence-electron chi connectivity index (χ1n) is 7.80. The van der Waals surface area contributed by atoms with Gasteiger partial charge in [-0.25, -0.2) is 0 Å². The minimum Gasteiger partial charge on any atom is -0.493 e. The standard InChI is InChI=1S/C18H16N2O4/c21-17(11-20-8-5-16-13(18(20)22)6-9-23-16)19-14-7-10-24-15-4-2-1-3-12(14)15/h1-6,8-9,14H,7,10-11H2,(H,19,21). The molecule has 0 aliphatic carbocycles. The topological polar surface area (TPSA) is 73.5 Å². The van der Waals surface area contributed by atoms with Gasteiger partial charge >= 0.3 is 0 Å². The zero-order valence-corrected chi connectivity index (χ0v) is 12.9. The number of amides is 1. The number of pyridine rings is 1. The van der Waals surface area contributed by atoms with Gasteiger partial charge in [0.1, 0.15) is 17.9 Å². The van der Waals surface area contributed by atoms with E-state index in [1.54, 1.807) is 18.3 Å². The van der Waals surface area contributed by atoms with Gasteiger partial charge in [0.25, 0.3) is 5.56 Å². The van der Waals surface area contributed by atoms with Gasteiger partial charge < -0.3 is 19.0 Å². The van der Waals surface area contributed by atoms with Crippen LogP contribution in [0.4, 0.5) is 0 Å². The van der Waals surface area contributed by atoms with E-state index < -0.39 is 0 Å². The number of carbonyl (C=O) groups is 1. The Labute approximate surface area is 137 Å². The number of fused-ring (bicyclic) bond motifs is 2. The lowest BCUT2D eigenvalue weighted by Gasteiger charge is -2.26. The van der Waals surface area contributed by atoms with Gasteiger partial charge in [0, 0.05) is 18.2 Å². The predicted octanol–water partition coefficient (Wildman–Crippen LogP) is 2.23. The van der Waals surface area contributed by atoms with E-state index >= 15 is 0 Å². The Kier molecular flexibility index (Phi) is 3.57. The van der Waals surface area contributed by atoms with Crippen molar-refractivity contribution >= 4 is 16.9 Å². The highest BCUT2D eigenvalue weighted by Crippen LogP contribution is 2.31. The molecule has 1 atom stereocenters. The van der Waals surface area contributed by atoms with E-state index in [-0.39, 0.29) is 24.1 Å².